The minimum atomic E-state index is 0.586. The predicted octanol–water partition coefficient (Wildman–Crippen LogP) is 4.38. The number of carbonyl (C=O) groups excluding carboxylic acids is 1. The molecular weight excluding hydrogens is 232 g/mol. The van der Waals surface area contributed by atoms with Gasteiger partial charge in [-0.1, -0.05) is 48.9 Å². The Labute approximate surface area is 106 Å². The average molecular weight is 245 g/mol. The van der Waals surface area contributed by atoms with Crippen molar-refractivity contribution in [2.45, 2.75) is 13.3 Å². The van der Waals surface area contributed by atoms with E-state index in [9.17, 15) is 4.79 Å². The Morgan fingerprint density at radius 3 is 2.71 bits per heavy atom. The minimum Gasteiger partial charge on any atom is -0.298 e. The molecule has 2 aromatic carbocycles. The van der Waals surface area contributed by atoms with Crippen molar-refractivity contribution in [3.05, 3.63) is 58.6 Å². The van der Waals surface area contributed by atoms with Crippen molar-refractivity contribution in [3.63, 3.8) is 0 Å². The van der Waals surface area contributed by atoms with Crippen LogP contribution in [0.5, 0.6) is 0 Å². The van der Waals surface area contributed by atoms with Gasteiger partial charge in [-0.2, -0.15) is 0 Å². The summed E-state index contributed by atoms with van der Waals surface area (Å²) in [6, 6.07) is 13.6. The van der Waals surface area contributed by atoms with Crippen molar-refractivity contribution in [2.24, 2.45) is 0 Å². The standard InChI is InChI=1S/C15H13ClO/c1-2-11-4-3-5-12(8-11)15-7-6-14(16)9-13(15)10-17/h3-10H,2H2,1H3. The van der Waals surface area contributed by atoms with Crippen molar-refractivity contribution in [2.75, 3.05) is 0 Å². The smallest absolute Gasteiger partial charge is 0.150 e. The molecule has 0 fully saturated rings. The topological polar surface area (TPSA) is 17.1 Å². The molecule has 0 aliphatic rings. The summed E-state index contributed by atoms with van der Waals surface area (Å²) in [5, 5.41) is 0.586. The summed E-state index contributed by atoms with van der Waals surface area (Å²) in [5.41, 5.74) is 3.88. The largest absolute Gasteiger partial charge is 0.298 e. The number of aldehydes is 1. The van der Waals surface area contributed by atoms with E-state index in [1.807, 2.05) is 24.3 Å². The van der Waals surface area contributed by atoms with E-state index in [1.165, 1.54) is 5.56 Å². The predicted molar refractivity (Wildman–Crippen MR) is 71.7 cm³/mol. The molecular formula is C15H13ClO. The van der Waals surface area contributed by atoms with Gasteiger partial charge in [0.25, 0.3) is 0 Å². The molecule has 0 atom stereocenters. The number of benzene rings is 2. The number of aryl methyl sites for hydroxylation is 1. The van der Waals surface area contributed by atoms with Crippen molar-refractivity contribution in [3.8, 4) is 11.1 Å². The van der Waals surface area contributed by atoms with Gasteiger partial charge in [0.2, 0.25) is 0 Å². The third-order valence-corrected chi connectivity index (χ3v) is 3.02. The fraction of sp³-hybridized carbons (Fsp3) is 0.133. The van der Waals surface area contributed by atoms with Gasteiger partial charge in [-0.05, 0) is 35.2 Å². The van der Waals surface area contributed by atoms with Gasteiger partial charge in [0.15, 0.2) is 6.29 Å². The lowest BCUT2D eigenvalue weighted by Gasteiger charge is -2.07. The van der Waals surface area contributed by atoms with Gasteiger partial charge >= 0.3 is 0 Å². The lowest BCUT2D eigenvalue weighted by Crippen LogP contribution is -1.89. The van der Waals surface area contributed by atoms with Gasteiger partial charge in [-0.25, -0.2) is 0 Å². The van der Waals surface area contributed by atoms with E-state index in [0.717, 1.165) is 23.8 Å². The molecule has 0 bridgehead atoms. The summed E-state index contributed by atoms with van der Waals surface area (Å²) in [6.45, 7) is 2.11. The Hall–Kier alpha value is -1.60. The highest BCUT2D eigenvalue weighted by Crippen LogP contribution is 2.26. The molecule has 2 rings (SSSR count). The molecule has 0 amide bonds. The molecule has 0 aromatic heterocycles. The summed E-state index contributed by atoms with van der Waals surface area (Å²) in [5.74, 6) is 0. The second-order valence-electron chi connectivity index (χ2n) is 3.90. The van der Waals surface area contributed by atoms with Crippen LogP contribution in [0.15, 0.2) is 42.5 Å². The molecule has 0 spiro atoms. The highest BCUT2D eigenvalue weighted by atomic mass is 35.5. The summed E-state index contributed by atoms with van der Waals surface area (Å²) in [6.07, 6.45) is 1.83. The van der Waals surface area contributed by atoms with Crippen molar-refractivity contribution >= 4 is 17.9 Å². The number of halogens is 1. The van der Waals surface area contributed by atoms with Crippen molar-refractivity contribution in [1.82, 2.24) is 0 Å². The van der Waals surface area contributed by atoms with Crippen LogP contribution in [-0.4, -0.2) is 6.29 Å². The first-order chi connectivity index (χ1) is 8.24. The van der Waals surface area contributed by atoms with Gasteiger partial charge in [0.1, 0.15) is 0 Å². The van der Waals surface area contributed by atoms with E-state index < -0.39 is 0 Å². The van der Waals surface area contributed by atoms with E-state index in [2.05, 4.69) is 19.1 Å². The first-order valence-corrected chi connectivity index (χ1v) is 5.96. The van der Waals surface area contributed by atoms with Crippen LogP contribution in [0.1, 0.15) is 22.8 Å². The zero-order valence-electron chi connectivity index (χ0n) is 9.61. The Kier molecular flexibility index (Phi) is 3.60. The Morgan fingerprint density at radius 2 is 2.00 bits per heavy atom. The van der Waals surface area contributed by atoms with Gasteiger partial charge in [-0.3, -0.25) is 4.79 Å². The molecule has 0 N–H and O–H groups in total. The molecule has 0 aliphatic heterocycles. The van der Waals surface area contributed by atoms with E-state index in [1.54, 1.807) is 6.07 Å². The zero-order valence-corrected chi connectivity index (χ0v) is 10.4. The normalized spacial score (nSPS) is 10.2. The number of rotatable bonds is 3. The first-order valence-electron chi connectivity index (χ1n) is 5.58. The molecule has 86 valence electrons. The molecule has 0 unspecified atom stereocenters. The number of hydrogen-bond acceptors (Lipinski definition) is 1. The van der Waals surface area contributed by atoms with Gasteiger partial charge in [0.05, 0.1) is 0 Å². The minimum absolute atomic E-state index is 0.586. The highest BCUT2D eigenvalue weighted by Gasteiger charge is 2.05. The Morgan fingerprint density at radius 1 is 1.18 bits per heavy atom. The van der Waals surface area contributed by atoms with E-state index in [-0.39, 0.29) is 0 Å². The van der Waals surface area contributed by atoms with Crippen LogP contribution in [0, 0.1) is 0 Å². The Balaban J connectivity index is 2.55. The monoisotopic (exact) mass is 244 g/mol. The summed E-state index contributed by atoms with van der Waals surface area (Å²) in [4.78, 5) is 11.0. The zero-order chi connectivity index (χ0) is 12.3. The van der Waals surface area contributed by atoms with Crippen LogP contribution < -0.4 is 0 Å². The second kappa shape index (κ2) is 5.15. The molecule has 0 aliphatic carbocycles. The number of carbonyl (C=O) groups is 1. The summed E-state index contributed by atoms with van der Waals surface area (Å²) < 4.78 is 0. The molecule has 0 radical (unpaired) electrons. The van der Waals surface area contributed by atoms with Crippen LogP contribution in [-0.2, 0) is 6.42 Å². The maximum absolute atomic E-state index is 11.0. The van der Waals surface area contributed by atoms with Crippen molar-refractivity contribution < 1.29 is 4.79 Å². The van der Waals surface area contributed by atoms with Gasteiger partial charge in [0, 0.05) is 10.6 Å². The van der Waals surface area contributed by atoms with Crippen LogP contribution in [0.2, 0.25) is 5.02 Å². The maximum atomic E-state index is 11.0. The highest BCUT2D eigenvalue weighted by molar-refractivity contribution is 6.31. The molecule has 2 heteroatoms. The molecule has 2 aromatic rings. The van der Waals surface area contributed by atoms with Crippen LogP contribution >= 0.6 is 11.6 Å². The lowest BCUT2D eigenvalue weighted by molar-refractivity contribution is 0.112. The molecule has 1 nitrogen and oxygen atoms in total. The SMILES string of the molecule is CCc1cccc(-c2ccc(Cl)cc2C=O)c1. The average Bonchev–Trinajstić information content (AvgIpc) is 2.38. The van der Waals surface area contributed by atoms with Crippen molar-refractivity contribution in [1.29, 1.82) is 0 Å². The number of hydrogen-bond donors (Lipinski definition) is 0. The fourth-order valence-electron chi connectivity index (χ4n) is 1.85. The van der Waals surface area contributed by atoms with Crippen LogP contribution in [0.25, 0.3) is 11.1 Å². The Bertz CT molecular complexity index is 546. The third-order valence-electron chi connectivity index (χ3n) is 2.79. The van der Waals surface area contributed by atoms with E-state index in [0.29, 0.717) is 10.6 Å². The maximum Gasteiger partial charge on any atom is 0.150 e. The van der Waals surface area contributed by atoms with Crippen LogP contribution in [0.4, 0.5) is 0 Å². The first kappa shape index (κ1) is 11.9. The summed E-state index contributed by atoms with van der Waals surface area (Å²) in [7, 11) is 0. The summed E-state index contributed by atoms with van der Waals surface area (Å²) >= 11 is 5.88. The van der Waals surface area contributed by atoms with E-state index >= 15 is 0 Å². The van der Waals surface area contributed by atoms with Gasteiger partial charge in [-0.15, -0.1) is 0 Å². The molecule has 0 saturated carbocycles. The van der Waals surface area contributed by atoms with E-state index in [4.69, 9.17) is 11.6 Å². The molecule has 17 heavy (non-hydrogen) atoms. The molecule has 0 saturated heterocycles. The fourth-order valence-corrected chi connectivity index (χ4v) is 2.03. The molecule has 0 heterocycles. The van der Waals surface area contributed by atoms with Gasteiger partial charge < -0.3 is 0 Å². The third kappa shape index (κ3) is 2.56. The quantitative estimate of drug-likeness (QED) is 0.733. The van der Waals surface area contributed by atoms with Crippen LogP contribution in [0.3, 0.4) is 0 Å². The lowest BCUT2D eigenvalue weighted by atomic mass is 9.98. The second-order valence-corrected chi connectivity index (χ2v) is 4.34.